The van der Waals surface area contributed by atoms with Crippen molar-refractivity contribution in [3.05, 3.63) is 33.7 Å². The minimum Gasteiger partial charge on any atom is -0.495 e. The van der Waals surface area contributed by atoms with E-state index in [1.54, 1.807) is 6.08 Å². The molecule has 2 rings (SSSR count). The Kier molecular flexibility index (Phi) is 7.42. The molecule has 0 aromatic rings. The highest BCUT2D eigenvalue weighted by molar-refractivity contribution is 5.71. The first-order chi connectivity index (χ1) is 13.1. The summed E-state index contributed by atoms with van der Waals surface area (Å²) < 4.78 is 10.9. The van der Waals surface area contributed by atoms with Crippen molar-refractivity contribution in [2.75, 3.05) is 53.4 Å². The van der Waals surface area contributed by atoms with Crippen LogP contribution >= 0.6 is 0 Å². The summed E-state index contributed by atoms with van der Waals surface area (Å²) in [5.74, 6) is 0.331. The van der Waals surface area contributed by atoms with Crippen molar-refractivity contribution in [2.24, 2.45) is 0 Å². The Hall–Kier alpha value is -2.13. The molecule has 28 heavy (non-hydrogen) atoms. The lowest BCUT2D eigenvalue weighted by Crippen LogP contribution is -2.48. The van der Waals surface area contributed by atoms with Crippen molar-refractivity contribution >= 4 is 6.09 Å². The zero-order valence-electron chi connectivity index (χ0n) is 17.5. The van der Waals surface area contributed by atoms with Crippen molar-refractivity contribution in [3.63, 3.8) is 0 Å². The van der Waals surface area contributed by atoms with Crippen LogP contribution in [0.25, 0.3) is 0 Å². The number of likely N-dealkylation sites (N-methyl/N-ethyl adjacent to an activating group) is 1. The Balaban J connectivity index is 2.16. The second kappa shape index (κ2) is 9.38. The molecule has 1 atom stereocenters. The number of piperazine rings is 1. The van der Waals surface area contributed by atoms with Crippen LogP contribution in [-0.4, -0.2) is 90.8 Å². The first-order valence-corrected chi connectivity index (χ1v) is 9.62. The van der Waals surface area contributed by atoms with E-state index in [9.17, 15) is 14.9 Å². The van der Waals surface area contributed by atoms with Gasteiger partial charge >= 0.3 is 6.09 Å². The van der Waals surface area contributed by atoms with Crippen LogP contribution in [0.3, 0.4) is 0 Å². The molecule has 1 fully saturated rings. The first-order valence-electron chi connectivity index (χ1n) is 9.62. The van der Waals surface area contributed by atoms with Crippen LogP contribution in [0.1, 0.15) is 27.2 Å². The van der Waals surface area contributed by atoms with Crippen molar-refractivity contribution in [1.29, 1.82) is 0 Å². The number of ether oxygens (including phenoxy) is 2. The highest BCUT2D eigenvalue weighted by Gasteiger charge is 2.32. The van der Waals surface area contributed by atoms with Crippen LogP contribution in [0.5, 0.6) is 0 Å². The quantitative estimate of drug-likeness (QED) is 0.501. The molecule has 1 aliphatic carbocycles. The van der Waals surface area contributed by atoms with E-state index in [1.165, 1.54) is 18.1 Å². The predicted molar refractivity (Wildman–Crippen MR) is 105 cm³/mol. The monoisotopic (exact) mass is 396 g/mol. The van der Waals surface area contributed by atoms with Crippen molar-refractivity contribution in [3.8, 4) is 0 Å². The van der Waals surface area contributed by atoms with E-state index in [0.717, 1.165) is 26.2 Å². The fourth-order valence-electron chi connectivity index (χ4n) is 3.16. The summed E-state index contributed by atoms with van der Waals surface area (Å²) in [5.41, 5.74) is -0.109. The van der Waals surface area contributed by atoms with E-state index >= 15 is 0 Å². The van der Waals surface area contributed by atoms with Crippen LogP contribution in [0.15, 0.2) is 23.6 Å². The van der Waals surface area contributed by atoms with Crippen LogP contribution in [0.2, 0.25) is 0 Å². The summed E-state index contributed by atoms with van der Waals surface area (Å²) in [7, 11) is 3.55. The van der Waals surface area contributed by atoms with Gasteiger partial charge in [-0.25, -0.2) is 4.79 Å². The highest BCUT2D eigenvalue weighted by atomic mass is 16.6. The number of hydrogen-bond acceptors (Lipinski definition) is 7. The molecular formula is C19H32N4O5. The Morgan fingerprint density at radius 2 is 1.96 bits per heavy atom. The average molecular weight is 396 g/mol. The average Bonchev–Trinajstić information content (AvgIpc) is 2.61. The molecular weight excluding hydrogens is 364 g/mol. The minimum absolute atomic E-state index is 0.211. The topological polar surface area (TPSA) is 88.4 Å². The number of rotatable bonds is 6. The third-order valence-electron chi connectivity index (χ3n) is 4.78. The van der Waals surface area contributed by atoms with Crippen molar-refractivity contribution in [2.45, 2.75) is 38.8 Å². The largest absolute Gasteiger partial charge is 0.495 e. The SMILES string of the molecule is COC1=CC([N+](=O)[O-])CC=C1N(CCN1CCN(C)CC1)C(=O)OC(C)(C)C. The van der Waals surface area contributed by atoms with Gasteiger partial charge in [0.2, 0.25) is 6.04 Å². The molecule has 1 heterocycles. The van der Waals surface area contributed by atoms with Gasteiger partial charge in [0.1, 0.15) is 11.4 Å². The van der Waals surface area contributed by atoms with Crippen molar-refractivity contribution < 1.29 is 19.2 Å². The third-order valence-corrected chi connectivity index (χ3v) is 4.78. The molecule has 9 heteroatoms. The maximum atomic E-state index is 12.9. The number of methoxy groups -OCH3 is 1. The zero-order chi connectivity index (χ0) is 20.9. The molecule has 1 aliphatic heterocycles. The Morgan fingerprint density at radius 1 is 1.32 bits per heavy atom. The molecule has 0 aromatic carbocycles. The lowest BCUT2D eigenvalue weighted by atomic mass is 10.0. The lowest BCUT2D eigenvalue weighted by Gasteiger charge is -2.35. The molecule has 1 saturated heterocycles. The number of amides is 1. The van der Waals surface area contributed by atoms with Gasteiger partial charge in [-0.3, -0.25) is 19.9 Å². The maximum Gasteiger partial charge on any atom is 0.414 e. The third kappa shape index (κ3) is 6.20. The van der Waals surface area contributed by atoms with Gasteiger partial charge in [0, 0.05) is 56.7 Å². The minimum atomic E-state index is -0.850. The predicted octanol–water partition coefficient (Wildman–Crippen LogP) is 1.93. The van der Waals surface area contributed by atoms with Gasteiger partial charge in [0.25, 0.3) is 0 Å². The second-order valence-corrected chi connectivity index (χ2v) is 8.19. The van der Waals surface area contributed by atoms with Crippen LogP contribution in [0.4, 0.5) is 4.79 Å². The number of hydrogen-bond donors (Lipinski definition) is 0. The molecule has 0 bridgehead atoms. The van der Waals surface area contributed by atoms with E-state index in [0.29, 0.717) is 24.5 Å². The molecule has 1 amide bonds. The number of nitrogens with zero attached hydrogens (tertiary/aromatic N) is 4. The maximum absolute atomic E-state index is 12.9. The Bertz CT molecular complexity index is 633. The van der Waals surface area contributed by atoms with E-state index in [-0.39, 0.29) is 11.3 Å². The van der Waals surface area contributed by atoms with Gasteiger partial charge < -0.3 is 14.4 Å². The van der Waals surface area contributed by atoms with Gasteiger partial charge in [-0.05, 0) is 33.9 Å². The summed E-state index contributed by atoms with van der Waals surface area (Å²) in [6, 6.07) is -0.850. The van der Waals surface area contributed by atoms with Crippen LogP contribution in [0, 0.1) is 10.1 Å². The number of carbonyl (C=O) groups is 1. The van der Waals surface area contributed by atoms with E-state index in [4.69, 9.17) is 9.47 Å². The smallest absolute Gasteiger partial charge is 0.414 e. The molecule has 158 valence electrons. The second-order valence-electron chi connectivity index (χ2n) is 8.19. The summed E-state index contributed by atoms with van der Waals surface area (Å²) >= 11 is 0. The molecule has 0 saturated carbocycles. The zero-order valence-corrected chi connectivity index (χ0v) is 17.5. The van der Waals surface area contributed by atoms with Crippen LogP contribution in [-0.2, 0) is 9.47 Å². The first kappa shape index (κ1) is 22.2. The van der Waals surface area contributed by atoms with E-state index in [2.05, 4.69) is 16.8 Å². The standard InChI is InChI=1S/C19H32N4O5/c1-19(2,3)28-18(24)22(13-12-21-10-8-20(4)9-11-21)16-7-6-15(23(25)26)14-17(16)27-5/h7,14-15H,6,8-13H2,1-5H3. The Labute approximate surface area is 166 Å². The highest BCUT2D eigenvalue weighted by Crippen LogP contribution is 2.26. The van der Waals surface area contributed by atoms with Gasteiger partial charge in [-0.2, -0.15) is 0 Å². The summed E-state index contributed by atoms with van der Waals surface area (Å²) in [6.07, 6.45) is 2.89. The van der Waals surface area contributed by atoms with Gasteiger partial charge in [0.05, 0.1) is 12.8 Å². The van der Waals surface area contributed by atoms with E-state index in [1.807, 2.05) is 20.8 Å². The fraction of sp³-hybridized carbons (Fsp3) is 0.737. The van der Waals surface area contributed by atoms with E-state index < -0.39 is 17.7 Å². The fourth-order valence-corrected chi connectivity index (χ4v) is 3.16. The van der Waals surface area contributed by atoms with Gasteiger partial charge in [-0.15, -0.1) is 0 Å². The number of carbonyl (C=O) groups excluding carboxylic acids is 1. The molecule has 9 nitrogen and oxygen atoms in total. The van der Waals surface area contributed by atoms with Gasteiger partial charge in [0.15, 0.2) is 0 Å². The summed E-state index contributed by atoms with van der Waals surface area (Å²) in [6.45, 7) is 10.4. The number of nitro groups is 1. The summed E-state index contributed by atoms with van der Waals surface area (Å²) in [5, 5.41) is 11.1. The molecule has 0 spiro atoms. The molecule has 0 N–H and O–H groups in total. The molecule has 0 radical (unpaired) electrons. The van der Waals surface area contributed by atoms with Crippen molar-refractivity contribution in [1.82, 2.24) is 14.7 Å². The normalized spacial score (nSPS) is 21.5. The van der Waals surface area contributed by atoms with Crippen LogP contribution < -0.4 is 0 Å². The molecule has 1 unspecified atom stereocenters. The summed E-state index contributed by atoms with van der Waals surface area (Å²) in [4.78, 5) is 29.8. The molecule has 0 aromatic heterocycles. The lowest BCUT2D eigenvalue weighted by molar-refractivity contribution is -0.508. The van der Waals surface area contributed by atoms with Gasteiger partial charge in [-0.1, -0.05) is 0 Å². The Morgan fingerprint density at radius 3 is 2.50 bits per heavy atom. The molecule has 2 aliphatic rings.